The number of hydrogen-bond acceptors (Lipinski definition) is 3. The fraction of sp³-hybridized carbons (Fsp3) is 1.00. The average molecular weight is 251 g/mol. The van der Waals surface area contributed by atoms with Crippen LogP contribution in [0.2, 0.25) is 0 Å². The molecule has 0 unspecified atom stereocenters. The lowest BCUT2D eigenvalue weighted by Crippen LogP contribution is -2.60. The largest absolute Gasteiger partial charge is 0.373 e. The maximum atomic E-state index is 5.79. The number of halogens is 1. The topological polar surface area (TPSA) is 15.7 Å². The molecule has 0 aromatic carbocycles. The van der Waals surface area contributed by atoms with E-state index in [9.17, 15) is 0 Å². The molecule has 1 heterocycles. The van der Waals surface area contributed by atoms with E-state index >= 15 is 0 Å². The molecule has 2 atom stereocenters. The van der Waals surface area contributed by atoms with Crippen molar-refractivity contribution in [1.29, 1.82) is 0 Å². The molecule has 1 saturated heterocycles. The molecule has 0 aromatic rings. The van der Waals surface area contributed by atoms with Gasteiger partial charge in [0.05, 0.1) is 10.4 Å². The van der Waals surface area contributed by atoms with Crippen molar-refractivity contribution in [2.24, 2.45) is 0 Å². The zero-order valence-corrected chi connectivity index (χ0v) is 10.5. The lowest BCUT2D eigenvalue weighted by molar-refractivity contribution is -0.128. The van der Waals surface area contributed by atoms with Gasteiger partial charge in [0.1, 0.15) is 0 Å². The van der Waals surface area contributed by atoms with Crippen LogP contribution in [0.4, 0.5) is 0 Å². The number of alkyl halides is 1. The highest BCUT2D eigenvalue weighted by Crippen LogP contribution is 2.28. The highest BCUT2D eigenvalue weighted by atomic mass is 79.9. The van der Waals surface area contributed by atoms with Gasteiger partial charge in [0.2, 0.25) is 0 Å². The SMILES string of the molecule is CCO[C@@]1(C)CN(C)N(C)C[C@@H]1Br. The third kappa shape index (κ3) is 2.43. The molecule has 1 aliphatic heterocycles. The maximum Gasteiger partial charge on any atom is 0.0931 e. The summed E-state index contributed by atoms with van der Waals surface area (Å²) in [6, 6.07) is 0. The van der Waals surface area contributed by atoms with Crippen LogP contribution in [0.1, 0.15) is 13.8 Å². The van der Waals surface area contributed by atoms with E-state index in [0.717, 1.165) is 19.7 Å². The molecule has 0 saturated carbocycles. The first-order valence-corrected chi connectivity index (χ1v) is 5.61. The van der Waals surface area contributed by atoms with Crippen molar-refractivity contribution in [2.45, 2.75) is 24.3 Å². The zero-order chi connectivity index (χ0) is 10.1. The molecule has 3 nitrogen and oxygen atoms in total. The highest BCUT2D eigenvalue weighted by molar-refractivity contribution is 9.09. The van der Waals surface area contributed by atoms with Gasteiger partial charge in [-0.1, -0.05) is 15.9 Å². The molecule has 0 radical (unpaired) electrons. The summed E-state index contributed by atoms with van der Waals surface area (Å²) in [7, 11) is 4.19. The van der Waals surface area contributed by atoms with Crippen molar-refractivity contribution >= 4 is 15.9 Å². The first-order valence-electron chi connectivity index (χ1n) is 4.70. The van der Waals surface area contributed by atoms with Gasteiger partial charge in [-0.05, 0) is 13.8 Å². The van der Waals surface area contributed by atoms with Crippen molar-refractivity contribution < 1.29 is 4.74 Å². The third-order valence-corrected chi connectivity index (χ3v) is 3.94. The van der Waals surface area contributed by atoms with Crippen LogP contribution in [0.5, 0.6) is 0 Å². The van der Waals surface area contributed by atoms with E-state index in [2.05, 4.69) is 47.0 Å². The molecule has 0 aliphatic carbocycles. The van der Waals surface area contributed by atoms with Gasteiger partial charge >= 0.3 is 0 Å². The summed E-state index contributed by atoms with van der Waals surface area (Å²) in [5.74, 6) is 0. The quantitative estimate of drug-likeness (QED) is 0.689. The fourth-order valence-electron chi connectivity index (χ4n) is 1.70. The van der Waals surface area contributed by atoms with Crippen molar-refractivity contribution in [3.63, 3.8) is 0 Å². The van der Waals surface area contributed by atoms with E-state index < -0.39 is 0 Å². The van der Waals surface area contributed by atoms with Crippen LogP contribution in [0.3, 0.4) is 0 Å². The van der Waals surface area contributed by atoms with E-state index in [-0.39, 0.29) is 5.60 Å². The van der Waals surface area contributed by atoms with Gasteiger partial charge in [-0.3, -0.25) is 0 Å². The zero-order valence-electron chi connectivity index (χ0n) is 8.88. The molecule has 78 valence electrons. The van der Waals surface area contributed by atoms with Gasteiger partial charge in [-0.2, -0.15) is 0 Å². The van der Waals surface area contributed by atoms with E-state index in [1.54, 1.807) is 0 Å². The van der Waals surface area contributed by atoms with E-state index in [4.69, 9.17) is 4.74 Å². The van der Waals surface area contributed by atoms with Gasteiger partial charge < -0.3 is 4.74 Å². The maximum absolute atomic E-state index is 5.79. The number of ether oxygens (including phenoxy) is 1. The molecule has 0 amide bonds. The van der Waals surface area contributed by atoms with Crippen LogP contribution in [0, 0.1) is 0 Å². The number of hydrogen-bond donors (Lipinski definition) is 0. The molecule has 0 bridgehead atoms. The molecule has 4 heteroatoms. The lowest BCUT2D eigenvalue weighted by Gasteiger charge is -2.46. The van der Waals surface area contributed by atoms with Crippen LogP contribution in [-0.4, -0.2) is 54.2 Å². The van der Waals surface area contributed by atoms with E-state index in [1.165, 1.54) is 0 Å². The first kappa shape index (κ1) is 11.4. The smallest absolute Gasteiger partial charge is 0.0931 e. The van der Waals surface area contributed by atoms with Crippen molar-refractivity contribution in [3.05, 3.63) is 0 Å². The summed E-state index contributed by atoms with van der Waals surface area (Å²) in [6.45, 7) is 6.92. The molecule has 13 heavy (non-hydrogen) atoms. The van der Waals surface area contributed by atoms with Crippen LogP contribution in [0.25, 0.3) is 0 Å². The number of nitrogens with zero attached hydrogens (tertiary/aromatic N) is 2. The second-order valence-corrected chi connectivity index (χ2v) is 4.97. The first-order chi connectivity index (χ1) is 5.99. The molecular formula is C9H19BrN2O. The Morgan fingerprint density at radius 1 is 1.46 bits per heavy atom. The Kier molecular flexibility index (Phi) is 3.74. The minimum Gasteiger partial charge on any atom is -0.373 e. The Bertz CT molecular complexity index is 179. The molecule has 0 aromatic heterocycles. The van der Waals surface area contributed by atoms with Crippen LogP contribution in [-0.2, 0) is 4.74 Å². The molecule has 0 N–H and O–H groups in total. The Morgan fingerprint density at radius 3 is 2.62 bits per heavy atom. The summed E-state index contributed by atoms with van der Waals surface area (Å²) in [4.78, 5) is 0.404. The highest BCUT2D eigenvalue weighted by Gasteiger charge is 2.40. The number of rotatable bonds is 2. The van der Waals surface area contributed by atoms with Crippen molar-refractivity contribution in [3.8, 4) is 0 Å². The molecule has 1 fully saturated rings. The molecule has 0 spiro atoms. The summed E-state index contributed by atoms with van der Waals surface area (Å²) < 4.78 is 5.79. The van der Waals surface area contributed by atoms with E-state index in [1.807, 2.05) is 6.92 Å². The average Bonchev–Trinajstić information content (AvgIpc) is 2.02. The van der Waals surface area contributed by atoms with Gasteiger partial charge in [0.15, 0.2) is 0 Å². The normalized spacial score (nSPS) is 38.1. The van der Waals surface area contributed by atoms with Crippen LogP contribution in [0.15, 0.2) is 0 Å². The van der Waals surface area contributed by atoms with Crippen molar-refractivity contribution in [2.75, 3.05) is 33.8 Å². The fourth-order valence-corrected chi connectivity index (χ4v) is 2.40. The Morgan fingerprint density at radius 2 is 2.08 bits per heavy atom. The Hall–Kier alpha value is 0.360. The number of likely N-dealkylation sites (N-methyl/N-ethyl adjacent to an activating group) is 1. The molecular weight excluding hydrogens is 232 g/mol. The lowest BCUT2D eigenvalue weighted by atomic mass is 9.99. The monoisotopic (exact) mass is 250 g/mol. The predicted octanol–water partition coefficient (Wildman–Crippen LogP) is 1.34. The second kappa shape index (κ2) is 4.26. The Labute approximate surface area is 89.1 Å². The van der Waals surface area contributed by atoms with Crippen LogP contribution < -0.4 is 0 Å². The second-order valence-electron chi connectivity index (χ2n) is 3.87. The summed E-state index contributed by atoms with van der Waals surface area (Å²) in [5.41, 5.74) is -0.0595. The molecule has 1 aliphatic rings. The minimum absolute atomic E-state index is 0.0595. The van der Waals surface area contributed by atoms with E-state index in [0.29, 0.717) is 4.83 Å². The van der Waals surface area contributed by atoms with Gasteiger partial charge in [0.25, 0.3) is 0 Å². The van der Waals surface area contributed by atoms with Gasteiger partial charge in [-0.25, -0.2) is 10.0 Å². The van der Waals surface area contributed by atoms with Crippen LogP contribution >= 0.6 is 15.9 Å². The van der Waals surface area contributed by atoms with Crippen molar-refractivity contribution in [1.82, 2.24) is 10.0 Å². The summed E-state index contributed by atoms with van der Waals surface area (Å²) in [6.07, 6.45) is 0. The summed E-state index contributed by atoms with van der Waals surface area (Å²) in [5, 5.41) is 4.41. The predicted molar refractivity (Wildman–Crippen MR) is 58.0 cm³/mol. The standard InChI is InChI=1S/C9H19BrN2O/c1-5-13-9(2)7-12(4)11(3)6-8(9)10/h8H,5-7H2,1-4H3/t8-,9-/m0/s1. The number of hydrazine groups is 1. The Balaban J connectivity index is 2.64. The van der Waals surface area contributed by atoms with Gasteiger partial charge in [-0.15, -0.1) is 0 Å². The summed E-state index contributed by atoms with van der Waals surface area (Å²) >= 11 is 3.69. The molecule has 1 rings (SSSR count). The third-order valence-electron chi connectivity index (χ3n) is 2.69. The van der Waals surface area contributed by atoms with Gasteiger partial charge in [0, 0.05) is 33.8 Å². The minimum atomic E-state index is -0.0595.